The molecule has 3 aromatic heterocycles. The fraction of sp³-hybridized carbons (Fsp3) is 0.227. The Bertz CT molecular complexity index is 1570. The third-order valence-electron chi connectivity index (χ3n) is 5.52. The molecule has 12 heteroatoms. The van der Waals surface area contributed by atoms with Crippen molar-refractivity contribution < 1.29 is 14.2 Å². The number of aryl methyl sites for hydroxylation is 1. The predicted molar refractivity (Wildman–Crippen MR) is 122 cm³/mol. The Morgan fingerprint density at radius 3 is 2.82 bits per heavy atom. The number of benzene rings is 1. The molecule has 1 aliphatic carbocycles. The maximum absolute atomic E-state index is 15.4. The molecular formula is C22H15Cl2FN6O3. The highest BCUT2D eigenvalue weighted by Gasteiger charge is 2.30. The van der Waals surface area contributed by atoms with Crippen LogP contribution < -0.4 is 10.3 Å². The quantitative estimate of drug-likeness (QED) is 0.399. The van der Waals surface area contributed by atoms with Crippen molar-refractivity contribution in [1.29, 1.82) is 5.26 Å². The lowest BCUT2D eigenvalue weighted by Gasteiger charge is -2.15. The Labute approximate surface area is 201 Å². The zero-order valence-electron chi connectivity index (χ0n) is 17.6. The molecule has 172 valence electrons. The minimum Gasteiger partial charge on any atom is -0.489 e. The zero-order valence-corrected chi connectivity index (χ0v) is 19.1. The molecule has 9 nitrogen and oxygen atoms in total. The summed E-state index contributed by atoms with van der Waals surface area (Å²) in [6.07, 6.45) is 3.07. The number of hydrogen-bond donors (Lipinski definition) is 2. The zero-order chi connectivity index (χ0) is 24.1. The number of aromatic nitrogens is 5. The summed E-state index contributed by atoms with van der Waals surface area (Å²) in [5, 5.41) is 29.9. The number of aliphatic hydroxyl groups is 1. The Kier molecular flexibility index (Phi) is 5.48. The van der Waals surface area contributed by atoms with Crippen molar-refractivity contribution in [3.63, 3.8) is 0 Å². The van der Waals surface area contributed by atoms with Crippen molar-refractivity contribution in [2.75, 3.05) is 0 Å². The summed E-state index contributed by atoms with van der Waals surface area (Å²) in [5.74, 6) is -0.631. The fourth-order valence-electron chi connectivity index (χ4n) is 3.77. The lowest BCUT2D eigenvalue weighted by molar-refractivity contribution is 0.277. The number of aromatic amines is 1. The Morgan fingerprint density at radius 1 is 1.38 bits per heavy atom. The third kappa shape index (κ3) is 3.58. The molecular weight excluding hydrogens is 486 g/mol. The molecule has 1 saturated carbocycles. The average Bonchev–Trinajstić information content (AvgIpc) is 3.55. The van der Waals surface area contributed by atoms with E-state index >= 15 is 4.39 Å². The summed E-state index contributed by atoms with van der Waals surface area (Å²) in [6, 6.07) is 4.83. The highest BCUT2D eigenvalue weighted by molar-refractivity contribution is 6.34. The van der Waals surface area contributed by atoms with Gasteiger partial charge in [-0.3, -0.25) is 9.48 Å². The van der Waals surface area contributed by atoms with Gasteiger partial charge >= 0.3 is 0 Å². The molecule has 1 aliphatic rings. The Balaban J connectivity index is 1.79. The standard InChI is InChI=1S/C22H15Cl2FN6O3/c1-31-20(17-11(6-26)16(34-9-2-3-9)5-13(23)19(17)25)12(7-27-31)14-4-10-15(8-32)29-30-22(33)18(10)21(24)28-14/h4-5,7,9,32H,2-3,8H2,1H3,(H,30,33). The van der Waals surface area contributed by atoms with Crippen molar-refractivity contribution in [3.8, 4) is 34.3 Å². The molecule has 0 aliphatic heterocycles. The Morgan fingerprint density at radius 2 is 2.15 bits per heavy atom. The van der Waals surface area contributed by atoms with Crippen LogP contribution in [0.1, 0.15) is 24.1 Å². The smallest absolute Gasteiger partial charge is 0.275 e. The molecule has 0 unspecified atom stereocenters. The number of halogens is 3. The minimum atomic E-state index is -0.813. The normalized spacial score (nSPS) is 13.3. The number of rotatable bonds is 5. The Hall–Kier alpha value is -3.52. The molecule has 1 aromatic carbocycles. The van der Waals surface area contributed by atoms with Crippen molar-refractivity contribution >= 4 is 34.0 Å². The van der Waals surface area contributed by atoms with Crippen molar-refractivity contribution in [3.05, 3.63) is 55.9 Å². The van der Waals surface area contributed by atoms with E-state index in [0.717, 1.165) is 12.8 Å². The molecule has 0 bridgehead atoms. The highest BCUT2D eigenvalue weighted by atomic mass is 35.5. The summed E-state index contributed by atoms with van der Waals surface area (Å²) in [5.41, 5.74) is 0.254. The number of nitrogens with one attached hydrogen (secondary N) is 1. The molecule has 5 rings (SSSR count). The summed E-state index contributed by atoms with van der Waals surface area (Å²) >= 11 is 12.5. The second-order valence-electron chi connectivity index (χ2n) is 7.76. The first-order valence-corrected chi connectivity index (χ1v) is 10.9. The minimum absolute atomic E-state index is 0.0281. The van der Waals surface area contributed by atoms with E-state index in [1.54, 1.807) is 7.05 Å². The van der Waals surface area contributed by atoms with E-state index in [2.05, 4.69) is 20.3 Å². The second kappa shape index (κ2) is 8.36. The van der Waals surface area contributed by atoms with Gasteiger partial charge in [-0.2, -0.15) is 15.5 Å². The lowest BCUT2D eigenvalue weighted by Crippen LogP contribution is -2.12. The third-order valence-corrected chi connectivity index (χ3v) is 6.07. The topological polar surface area (TPSA) is 130 Å². The van der Waals surface area contributed by atoms with Crippen LogP contribution in [0.3, 0.4) is 0 Å². The van der Waals surface area contributed by atoms with E-state index < -0.39 is 18.0 Å². The van der Waals surface area contributed by atoms with E-state index in [-0.39, 0.29) is 61.0 Å². The number of pyridine rings is 1. The van der Waals surface area contributed by atoms with Gasteiger partial charge in [0.25, 0.3) is 5.56 Å². The van der Waals surface area contributed by atoms with E-state index in [9.17, 15) is 15.2 Å². The fourth-order valence-corrected chi connectivity index (χ4v) is 4.24. The van der Waals surface area contributed by atoms with Gasteiger partial charge in [0.05, 0.1) is 52.0 Å². The number of H-pyrrole nitrogens is 1. The van der Waals surface area contributed by atoms with E-state index in [1.165, 1.54) is 23.0 Å². The molecule has 0 radical (unpaired) electrons. The molecule has 0 saturated heterocycles. The van der Waals surface area contributed by atoms with Gasteiger partial charge in [0.15, 0.2) is 5.82 Å². The second-order valence-corrected chi connectivity index (χ2v) is 8.52. The van der Waals surface area contributed by atoms with E-state index in [1.807, 2.05) is 6.07 Å². The number of fused-ring (bicyclic) bond motifs is 1. The van der Waals surface area contributed by atoms with Gasteiger partial charge in [0, 0.05) is 24.1 Å². The molecule has 2 N–H and O–H groups in total. The number of aliphatic hydroxyl groups excluding tert-OH is 1. The van der Waals surface area contributed by atoms with Crippen LogP contribution in [0.25, 0.3) is 33.3 Å². The summed E-state index contributed by atoms with van der Waals surface area (Å²) in [4.78, 5) is 16.6. The monoisotopic (exact) mass is 500 g/mol. The maximum Gasteiger partial charge on any atom is 0.275 e. The molecule has 4 aromatic rings. The van der Waals surface area contributed by atoms with Crippen molar-refractivity contribution in [2.45, 2.75) is 25.6 Å². The first kappa shape index (κ1) is 22.3. The number of ether oxygens (including phenoxy) is 1. The van der Waals surface area contributed by atoms with Crippen LogP contribution >= 0.6 is 23.2 Å². The maximum atomic E-state index is 15.4. The van der Waals surface area contributed by atoms with Gasteiger partial charge in [-0.1, -0.05) is 23.2 Å². The van der Waals surface area contributed by atoms with Crippen LogP contribution in [0.4, 0.5) is 4.39 Å². The van der Waals surface area contributed by atoms with Gasteiger partial charge < -0.3 is 9.84 Å². The van der Waals surface area contributed by atoms with Gasteiger partial charge in [-0.05, 0) is 18.9 Å². The van der Waals surface area contributed by atoms with Crippen LogP contribution in [0, 0.1) is 17.1 Å². The van der Waals surface area contributed by atoms with E-state index in [4.69, 9.17) is 27.9 Å². The molecule has 0 spiro atoms. The largest absolute Gasteiger partial charge is 0.489 e. The van der Waals surface area contributed by atoms with Crippen molar-refractivity contribution in [1.82, 2.24) is 25.0 Å². The number of nitrogens with zero attached hydrogens (tertiary/aromatic N) is 5. The number of hydrogen-bond acceptors (Lipinski definition) is 7. The SMILES string of the molecule is Cn1ncc(-c2cc3c(CO)n[nH]c(=O)c3c(Cl)n2)c1-c1c(F)c(Cl)cc(OC2CC2)c1C#N. The average molecular weight is 501 g/mol. The van der Waals surface area contributed by atoms with Crippen LogP contribution in [-0.2, 0) is 13.7 Å². The predicted octanol–water partition coefficient (Wildman–Crippen LogP) is 3.74. The summed E-state index contributed by atoms with van der Waals surface area (Å²) < 4.78 is 22.6. The van der Waals surface area contributed by atoms with Crippen LogP contribution in [0.2, 0.25) is 10.2 Å². The van der Waals surface area contributed by atoms with Crippen LogP contribution in [0.5, 0.6) is 5.75 Å². The van der Waals surface area contributed by atoms with Crippen LogP contribution in [-0.4, -0.2) is 36.2 Å². The molecule has 1 fully saturated rings. The molecule has 0 atom stereocenters. The molecule has 3 heterocycles. The van der Waals surface area contributed by atoms with Gasteiger partial charge in [-0.15, -0.1) is 0 Å². The molecule has 34 heavy (non-hydrogen) atoms. The highest BCUT2D eigenvalue weighted by Crippen LogP contribution is 2.43. The summed E-state index contributed by atoms with van der Waals surface area (Å²) in [6.45, 7) is -0.462. The van der Waals surface area contributed by atoms with Gasteiger partial charge in [-0.25, -0.2) is 14.5 Å². The van der Waals surface area contributed by atoms with E-state index in [0.29, 0.717) is 5.56 Å². The lowest BCUT2D eigenvalue weighted by atomic mass is 9.98. The van der Waals surface area contributed by atoms with Gasteiger partial charge in [0.1, 0.15) is 22.5 Å². The van der Waals surface area contributed by atoms with Crippen molar-refractivity contribution in [2.24, 2.45) is 7.05 Å². The first-order valence-electron chi connectivity index (χ1n) is 10.1. The number of nitriles is 1. The molecule has 0 amide bonds. The van der Waals surface area contributed by atoms with Crippen LogP contribution in [0.15, 0.2) is 23.1 Å². The first-order chi connectivity index (χ1) is 16.3. The van der Waals surface area contributed by atoms with Gasteiger partial charge in [0.2, 0.25) is 0 Å². The summed E-state index contributed by atoms with van der Waals surface area (Å²) in [7, 11) is 1.58.